The van der Waals surface area contributed by atoms with Gasteiger partial charge in [0.05, 0.1) is 0 Å². The first kappa shape index (κ1) is 13.1. The monoisotopic (exact) mass is 211 g/mol. The first-order valence-corrected chi connectivity index (χ1v) is 4.94. The smallest absolute Gasteiger partial charge is 0.411 e. The molecule has 0 aliphatic carbocycles. The molecule has 0 saturated carbocycles. The van der Waals surface area contributed by atoms with Crippen LogP contribution in [0, 0.1) is 0 Å². The molecule has 1 aliphatic rings. The summed E-state index contributed by atoms with van der Waals surface area (Å²) in [6.07, 6.45) is 3.79. The molecule has 1 aliphatic heterocycles. The zero-order chi connectivity index (χ0) is 8.43. The van der Waals surface area contributed by atoms with Crippen LogP contribution in [0.4, 0.5) is 0 Å². The van der Waals surface area contributed by atoms with Gasteiger partial charge in [-0.15, -0.1) is 0 Å². The van der Waals surface area contributed by atoms with Crippen LogP contribution in [-0.4, -0.2) is 21.3 Å². The molecule has 0 aromatic carbocycles. The van der Waals surface area contributed by atoms with Crippen molar-refractivity contribution in [2.45, 2.75) is 45.2 Å². The summed E-state index contributed by atoms with van der Waals surface area (Å²) in [7, 11) is 0. The van der Waals surface area contributed by atoms with Crippen molar-refractivity contribution < 1.29 is 29.6 Å². The minimum Gasteiger partial charge on any atom is -0.411 e. The number of hydrogen-bond donors (Lipinski definition) is 0. The van der Waals surface area contributed by atoms with Crippen molar-refractivity contribution in [1.29, 1.82) is 0 Å². The zero-order valence-corrected chi connectivity index (χ0v) is 11.7. The summed E-state index contributed by atoms with van der Waals surface area (Å²) < 4.78 is 0.643. The molecule has 1 fully saturated rings. The summed E-state index contributed by atoms with van der Waals surface area (Å²) in [5.41, 5.74) is 0. The van der Waals surface area contributed by atoms with Gasteiger partial charge in [-0.05, 0) is 33.1 Å². The van der Waals surface area contributed by atoms with Crippen molar-refractivity contribution in [1.82, 2.24) is 4.90 Å². The van der Waals surface area contributed by atoms with Crippen LogP contribution < -0.4 is 29.6 Å². The molecule has 1 nitrogen and oxygen atoms in total. The van der Waals surface area contributed by atoms with E-state index < -0.39 is 0 Å². The van der Waals surface area contributed by atoms with Crippen LogP contribution in [0.25, 0.3) is 0 Å². The van der Waals surface area contributed by atoms with Gasteiger partial charge in [-0.1, -0.05) is 4.32 Å². The summed E-state index contributed by atoms with van der Waals surface area (Å²) in [6.45, 7) is 4.41. The molecule has 4 heteroatoms. The van der Waals surface area contributed by atoms with E-state index in [2.05, 4.69) is 18.7 Å². The second-order valence-electron chi connectivity index (χ2n) is 3.30. The fraction of sp³-hybridized carbons (Fsp3) is 0.875. The van der Waals surface area contributed by atoms with Crippen LogP contribution in [0.5, 0.6) is 0 Å². The van der Waals surface area contributed by atoms with Crippen LogP contribution in [0.3, 0.4) is 0 Å². The van der Waals surface area contributed by atoms with E-state index in [-0.39, 0.29) is 29.6 Å². The van der Waals surface area contributed by atoms with E-state index in [1.165, 1.54) is 19.3 Å². The van der Waals surface area contributed by atoms with E-state index in [0.29, 0.717) is 16.4 Å². The number of piperidine rings is 1. The van der Waals surface area contributed by atoms with Crippen LogP contribution in [0.2, 0.25) is 0 Å². The van der Waals surface area contributed by atoms with Crippen LogP contribution >= 0.6 is 12.2 Å². The number of hydrogen-bond acceptors (Lipinski definition) is 2. The number of nitrogens with zero attached hydrogens (tertiary/aromatic N) is 1. The van der Waals surface area contributed by atoms with Crippen molar-refractivity contribution in [2.75, 3.05) is 0 Å². The Bertz CT molecular complexity index is 153. The van der Waals surface area contributed by atoms with Gasteiger partial charge in [0.25, 0.3) is 0 Å². The molecule has 0 aromatic heterocycles. The summed E-state index contributed by atoms with van der Waals surface area (Å²) in [5, 5.41) is 0. The van der Waals surface area contributed by atoms with Crippen molar-refractivity contribution in [3.63, 3.8) is 0 Å². The zero-order valence-electron chi connectivity index (χ0n) is 8.04. The average Bonchev–Trinajstić information content (AvgIpc) is 1.85. The Balaban J connectivity index is 0.00000121. The molecule has 64 valence electrons. The van der Waals surface area contributed by atoms with Gasteiger partial charge in [-0.3, -0.25) is 0 Å². The van der Waals surface area contributed by atoms with E-state index >= 15 is 0 Å². The molecule has 1 heterocycles. The SMILES string of the molecule is CC1CCCC(C)N1C(=S)[S-].[Na+]. The standard InChI is InChI=1S/C8H15NS2.Na/c1-6-4-3-5-7(2)9(6)8(10)11;/h6-7H,3-5H2,1-2H3,(H,10,11);/q;+1/p-1. The van der Waals surface area contributed by atoms with E-state index in [4.69, 9.17) is 24.8 Å². The quantitative estimate of drug-likeness (QED) is 0.290. The summed E-state index contributed by atoms with van der Waals surface area (Å²) >= 11 is 10.0. The largest absolute Gasteiger partial charge is 1.00 e. The molecule has 0 N–H and O–H groups in total. The minimum atomic E-state index is 0. The maximum atomic E-state index is 5.01. The molecule has 0 amide bonds. The second kappa shape index (κ2) is 5.76. The van der Waals surface area contributed by atoms with Crippen molar-refractivity contribution in [2.24, 2.45) is 0 Å². The molecule has 0 aromatic rings. The normalized spacial score (nSPS) is 29.3. The molecular formula is C8H14NNaS2. The van der Waals surface area contributed by atoms with Crippen LogP contribution in [-0.2, 0) is 12.6 Å². The van der Waals surface area contributed by atoms with Crippen LogP contribution in [0.15, 0.2) is 0 Å². The Kier molecular flexibility index (Phi) is 6.29. The Morgan fingerprint density at radius 2 is 1.75 bits per heavy atom. The second-order valence-corrected chi connectivity index (χ2v) is 4.33. The van der Waals surface area contributed by atoms with E-state index in [1.807, 2.05) is 0 Å². The van der Waals surface area contributed by atoms with Crippen molar-refractivity contribution in [3.05, 3.63) is 0 Å². The summed E-state index contributed by atoms with van der Waals surface area (Å²) in [4.78, 5) is 2.19. The maximum Gasteiger partial charge on any atom is 1.00 e. The Hall–Kier alpha value is 1.11. The molecule has 0 radical (unpaired) electrons. The first-order chi connectivity index (χ1) is 5.13. The summed E-state index contributed by atoms with van der Waals surface area (Å²) in [5.74, 6) is 0. The third kappa shape index (κ3) is 3.11. The summed E-state index contributed by atoms with van der Waals surface area (Å²) in [6, 6.07) is 1.12. The number of rotatable bonds is 0. The minimum absolute atomic E-state index is 0. The van der Waals surface area contributed by atoms with E-state index in [1.54, 1.807) is 0 Å². The van der Waals surface area contributed by atoms with Gasteiger partial charge in [0.15, 0.2) is 0 Å². The Morgan fingerprint density at radius 3 is 2.00 bits per heavy atom. The van der Waals surface area contributed by atoms with E-state index in [9.17, 15) is 0 Å². The Morgan fingerprint density at radius 1 is 1.33 bits per heavy atom. The van der Waals surface area contributed by atoms with Crippen LogP contribution in [0.1, 0.15) is 33.1 Å². The van der Waals surface area contributed by atoms with Crippen molar-refractivity contribution >= 4 is 29.2 Å². The fourth-order valence-electron chi connectivity index (χ4n) is 1.78. The average molecular weight is 211 g/mol. The number of likely N-dealkylation sites (tertiary alicyclic amines) is 1. The predicted molar refractivity (Wildman–Crippen MR) is 54.6 cm³/mol. The Labute approximate surface area is 108 Å². The van der Waals surface area contributed by atoms with E-state index in [0.717, 1.165) is 0 Å². The molecule has 0 spiro atoms. The molecule has 1 rings (SSSR count). The van der Waals surface area contributed by atoms with Gasteiger partial charge >= 0.3 is 29.6 Å². The molecule has 2 atom stereocenters. The topological polar surface area (TPSA) is 3.24 Å². The maximum absolute atomic E-state index is 5.01. The molecule has 0 bridgehead atoms. The number of thiocarbonyl (C=S) groups is 1. The molecule has 1 saturated heterocycles. The van der Waals surface area contributed by atoms with Gasteiger partial charge < -0.3 is 29.7 Å². The van der Waals surface area contributed by atoms with Gasteiger partial charge in [0.1, 0.15) is 0 Å². The predicted octanol–water partition coefficient (Wildman–Crippen LogP) is -0.915. The van der Waals surface area contributed by atoms with Gasteiger partial charge in [-0.2, -0.15) is 0 Å². The third-order valence-corrected chi connectivity index (χ3v) is 2.83. The molecular weight excluding hydrogens is 197 g/mol. The van der Waals surface area contributed by atoms with Crippen molar-refractivity contribution in [3.8, 4) is 0 Å². The first-order valence-electron chi connectivity index (χ1n) is 4.12. The third-order valence-electron chi connectivity index (χ3n) is 2.40. The van der Waals surface area contributed by atoms with Gasteiger partial charge in [-0.25, -0.2) is 0 Å². The van der Waals surface area contributed by atoms with Gasteiger partial charge in [0.2, 0.25) is 0 Å². The fourth-order valence-corrected chi connectivity index (χ4v) is 2.50. The molecule has 12 heavy (non-hydrogen) atoms. The molecule has 2 unspecified atom stereocenters. The van der Waals surface area contributed by atoms with Gasteiger partial charge in [0, 0.05) is 12.1 Å².